The van der Waals surface area contributed by atoms with Gasteiger partial charge >= 0.3 is 0 Å². The van der Waals surface area contributed by atoms with Gasteiger partial charge in [-0.2, -0.15) is 0 Å². The molecule has 4 rings (SSSR count). The molecule has 0 bridgehead atoms. The lowest BCUT2D eigenvalue weighted by Crippen LogP contribution is -2.56. The Morgan fingerprint density at radius 3 is 2.38 bits per heavy atom. The minimum Gasteiger partial charge on any atom is -0.370 e. The molecule has 5 amide bonds. The first-order valence-electron chi connectivity index (χ1n) is 11.9. The lowest BCUT2D eigenvalue weighted by Gasteiger charge is -2.23. The number of anilines is 1. The number of fused-ring (bicyclic) bond motifs is 1. The molecule has 1 aliphatic rings. The molecule has 7 N–H and O–H groups in total. The Morgan fingerprint density at radius 1 is 0.946 bits per heavy atom. The van der Waals surface area contributed by atoms with Crippen molar-refractivity contribution in [2.24, 2.45) is 5.73 Å². The molecule has 37 heavy (non-hydrogen) atoms. The smallest absolute Gasteiger partial charge is 0.247 e. The molecule has 0 spiro atoms. The van der Waals surface area contributed by atoms with Crippen LogP contribution in [0.2, 0.25) is 0 Å². The Hall–Kier alpha value is -4.67. The van der Waals surface area contributed by atoms with Crippen molar-refractivity contribution in [1.29, 1.82) is 0 Å². The van der Waals surface area contributed by atoms with Gasteiger partial charge in [0.1, 0.15) is 18.1 Å². The number of para-hydroxylation sites is 2. The summed E-state index contributed by atoms with van der Waals surface area (Å²) in [6.07, 6.45) is 1.91. The van der Waals surface area contributed by atoms with Crippen LogP contribution < -0.4 is 27.0 Å². The summed E-state index contributed by atoms with van der Waals surface area (Å²) >= 11 is 0. The number of aromatic amines is 1. The second-order valence-electron chi connectivity index (χ2n) is 8.87. The van der Waals surface area contributed by atoms with E-state index in [1.54, 1.807) is 30.5 Å². The van der Waals surface area contributed by atoms with E-state index in [2.05, 4.69) is 26.3 Å². The van der Waals surface area contributed by atoms with Crippen LogP contribution in [-0.4, -0.2) is 52.6 Å². The van der Waals surface area contributed by atoms with Crippen molar-refractivity contribution in [3.05, 3.63) is 66.4 Å². The lowest BCUT2D eigenvalue weighted by molar-refractivity contribution is -0.133. The van der Waals surface area contributed by atoms with Crippen molar-refractivity contribution >= 4 is 46.1 Å². The van der Waals surface area contributed by atoms with E-state index in [1.165, 1.54) is 0 Å². The van der Waals surface area contributed by atoms with Gasteiger partial charge in [0.05, 0.1) is 6.42 Å². The molecule has 1 aromatic heterocycles. The fourth-order valence-corrected chi connectivity index (χ4v) is 4.25. The van der Waals surface area contributed by atoms with Crippen molar-refractivity contribution in [2.75, 3.05) is 5.32 Å². The Kier molecular flexibility index (Phi) is 7.82. The SMILES string of the molecule is NC(=O)C[C@H](NC(=O)[C@@H]1CCC(=O)N1)C(=O)N[C@@H](Cc1c[nH]c2ccccc12)C(=O)Nc1ccccc1. The van der Waals surface area contributed by atoms with E-state index < -0.39 is 48.2 Å². The highest BCUT2D eigenvalue weighted by Gasteiger charge is 2.33. The van der Waals surface area contributed by atoms with Crippen molar-refractivity contribution in [3.8, 4) is 0 Å². The summed E-state index contributed by atoms with van der Waals surface area (Å²) < 4.78 is 0. The highest BCUT2D eigenvalue weighted by Crippen LogP contribution is 2.20. The fraction of sp³-hybridized carbons (Fsp3) is 0.269. The van der Waals surface area contributed by atoms with Crippen molar-refractivity contribution < 1.29 is 24.0 Å². The molecule has 0 unspecified atom stereocenters. The molecule has 0 aliphatic carbocycles. The molecule has 3 atom stereocenters. The largest absolute Gasteiger partial charge is 0.370 e. The number of nitrogens with two attached hydrogens (primary N) is 1. The Morgan fingerprint density at radius 2 is 1.68 bits per heavy atom. The Bertz CT molecular complexity index is 1320. The van der Waals surface area contributed by atoms with Crippen molar-refractivity contribution in [2.45, 2.75) is 43.8 Å². The number of carbonyl (C=O) groups excluding carboxylic acids is 5. The van der Waals surface area contributed by atoms with E-state index in [0.29, 0.717) is 5.69 Å². The average molecular weight is 505 g/mol. The molecule has 0 radical (unpaired) electrons. The summed E-state index contributed by atoms with van der Waals surface area (Å²) in [4.78, 5) is 65.4. The Balaban J connectivity index is 1.54. The molecule has 1 aliphatic heterocycles. The van der Waals surface area contributed by atoms with Gasteiger partial charge in [-0.1, -0.05) is 36.4 Å². The fourth-order valence-electron chi connectivity index (χ4n) is 4.25. The predicted molar refractivity (Wildman–Crippen MR) is 136 cm³/mol. The molecule has 0 saturated carbocycles. The van der Waals surface area contributed by atoms with E-state index in [1.807, 2.05) is 30.3 Å². The quantitative estimate of drug-likeness (QED) is 0.235. The minimum atomic E-state index is -1.32. The zero-order chi connectivity index (χ0) is 26.4. The third kappa shape index (κ3) is 6.51. The van der Waals surface area contributed by atoms with Gasteiger partial charge in [-0.3, -0.25) is 24.0 Å². The lowest BCUT2D eigenvalue weighted by atomic mass is 10.0. The highest BCUT2D eigenvalue weighted by atomic mass is 16.2. The summed E-state index contributed by atoms with van der Waals surface area (Å²) in [7, 11) is 0. The number of amides is 5. The van der Waals surface area contributed by atoms with E-state index in [-0.39, 0.29) is 25.2 Å². The molecule has 11 heteroatoms. The summed E-state index contributed by atoms with van der Waals surface area (Å²) in [6.45, 7) is 0. The molecular formula is C26H28N6O5. The van der Waals surface area contributed by atoms with Crippen LogP contribution in [0, 0.1) is 0 Å². The normalized spacial score (nSPS) is 16.4. The van der Waals surface area contributed by atoms with Crippen LogP contribution in [0.4, 0.5) is 5.69 Å². The molecule has 192 valence electrons. The van der Waals surface area contributed by atoms with Crippen LogP contribution in [0.25, 0.3) is 10.9 Å². The summed E-state index contributed by atoms with van der Waals surface area (Å²) in [5, 5.41) is 11.4. The van der Waals surface area contributed by atoms with Gasteiger partial charge in [0, 0.05) is 35.6 Å². The van der Waals surface area contributed by atoms with Crippen molar-refractivity contribution in [3.63, 3.8) is 0 Å². The summed E-state index contributed by atoms with van der Waals surface area (Å²) in [6, 6.07) is 13.2. The summed E-state index contributed by atoms with van der Waals surface area (Å²) in [5.74, 6) is -2.90. The minimum absolute atomic E-state index is 0.143. The number of carbonyl (C=O) groups is 5. The maximum atomic E-state index is 13.3. The van der Waals surface area contributed by atoms with E-state index in [9.17, 15) is 24.0 Å². The first-order chi connectivity index (χ1) is 17.8. The zero-order valence-electron chi connectivity index (χ0n) is 20.0. The average Bonchev–Trinajstić information content (AvgIpc) is 3.50. The van der Waals surface area contributed by atoms with Crippen LogP contribution in [0.15, 0.2) is 60.8 Å². The standard InChI is InChI=1S/C26H28N6O5/c27-22(33)13-21(32-24(35)19-10-11-23(34)30-19)26(37)31-20(25(36)29-16-6-2-1-3-7-16)12-15-14-28-18-9-5-4-8-17(15)18/h1-9,14,19-21,28H,10-13H2,(H2,27,33)(H,29,36)(H,30,34)(H,31,37)(H,32,35)/t19-,20-,21-/m0/s1. The number of H-pyrrole nitrogens is 1. The first kappa shape index (κ1) is 25.4. The topological polar surface area (TPSA) is 175 Å². The van der Waals surface area contributed by atoms with Crippen LogP contribution in [0.5, 0.6) is 0 Å². The molecule has 2 aromatic carbocycles. The maximum Gasteiger partial charge on any atom is 0.247 e. The first-order valence-corrected chi connectivity index (χ1v) is 11.9. The van der Waals surface area contributed by atoms with Gasteiger partial charge in [0.25, 0.3) is 0 Å². The van der Waals surface area contributed by atoms with E-state index >= 15 is 0 Å². The molecule has 1 saturated heterocycles. The van der Waals surface area contributed by atoms with Gasteiger partial charge in [-0.25, -0.2) is 0 Å². The van der Waals surface area contributed by atoms with Gasteiger partial charge in [-0.15, -0.1) is 0 Å². The number of primary amides is 1. The van der Waals surface area contributed by atoms with Gasteiger partial charge < -0.3 is 32.0 Å². The van der Waals surface area contributed by atoms with E-state index in [0.717, 1.165) is 16.5 Å². The molecule has 2 heterocycles. The number of hydrogen-bond donors (Lipinski definition) is 6. The zero-order valence-corrected chi connectivity index (χ0v) is 20.0. The van der Waals surface area contributed by atoms with Crippen LogP contribution in [-0.2, 0) is 30.4 Å². The highest BCUT2D eigenvalue weighted by molar-refractivity contribution is 6.00. The van der Waals surface area contributed by atoms with Gasteiger partial charge in [0.15, 0.2) is 0 Å². The summed E-state index contributed by atoms with van der Waals surface area (Å²) in [5.41, 5.74) is 7.55. The molecule has 3 aromatic rings. The molecule has 11 nitrogen and oxygen atoms in total. The number of hydrogen-bond acceptors (Lipinski definition) is 5. The third-order valence-corrected chi connectivity index (χ3v) is 6.12. The molecule has 1 fully saturated rings. The van der Waals surface area contributed by atoms with Crippen LogP contribution >= 0.6 is 0 Å². The predicted octanol–water partition coefficient (Wildman–Crippen LogP) is 0.473. The monoisotopic (exact) mass is 504 g/mol. The van der Waals surface area contributed by atoms with Crippen LogP contribution in [0.1, 0.15) is 24.8 Å². The third-order valence-electron chi connectivity index (χ3n) is 6.12. The second kappa shape index (κ2) is 11.4. The maximum absolute atomic E-state index is 13.3. The number of nitrogens with one attached hydrogen (secondary N) is 5. The number of aromatic nitrogens is 1. The van der Waals surface area contributed by atoms with Gasteiger partial charge in [0.2, 0.25) is 29.5 Å². The van der Waals surface area contributed by atoms with Gasteiger partial charge in [-0.05, 0) is 30.2 Å². The number of benzene rings is 2. The van der Waals surface area contributed by atoms with E-state index in [4.69, 9.17) is 5.73 Å². The van der Waals surface area contributed by atoms with Crippen LogP contribution in [0.3, 0.4) is 0 Å². The Labute approximate surface area is 212 Å². The number of rotatable bonds is 10. The molecular weight excluding hydrogens is 476 g/mol. The van der Waals surface area contributed by atoms with Crippen molar-refractivity contribution in [1.82, 2.24) is 20.9 Å². The second-order valence-corrected chi connectivity index (χ2v) is 8.87.